The molecule has 106 valence electrons. The average Bonchev–Trinajstić information content (AvgIpc) is 2.45. The van der Waals surface area contributed by atoms with Gasteiger partial charge in [0.2, 0.25) is 0 Å². The summed E-state index contributed by atoms with van der Waals surface area (Å²) in [5, 5.41) is 9.96. The number of ether oxygens (including phenoxy) is 2. The molecule has 0 spiro atoms. The van der Waals surface area contributed by atoms with E-state index in [2.05, 4.69) is 26.0 Å². The second-order valence-electron chi connectivity index (χ2n) is 5.57. The van der Waals surface area contributed by atoms with Gasteiger partial charge in [0.25, 0.3) is 0 Å². The van der Waals surface area contributed by atoms with Crippen molar-refractivity contribution in [3.05, 3.63) is 29.8 Å². The molecule has 0 aromatic heterocycles. The first kappa shape index (κ1) is 14.4. The summed E-state index contributed by atoms with van der Waals surface area (Å²) < 4.78 is 10.5. The Kier molecular flexibility index (Phi) is 4.48. The van der Waals surface area contributed by atoms with E-state index in [4.69, 9.17) is 9.47 Å². The van der Waals surface area contributed by atoms with E-state index in [1.165, 1.54) is 5.56 Å². The highest BCUT2D eigenvalue weighted by atomic mass is 16.5. The van der Waals surface area contributed by atoms with Crippen LogP contribution in [0.4, 0.5) is 0 Å². The molecular formula is C16H24O3. The van der Waals surface area contributed by atoms with Crippen molar-refractivity contribution in [3.63, 3.8) is 0 Å². The highest BCUT2D eigenvalue weighted by Gasteiger charge is 2.49. The molecule has 1 aliphatic carbocycles. The quantitative estimate of drug-likeness (QED) is 0.803. The smallest absolute Gasteiger partial charge is 0.119 e. The van der Waals surface area contributed by atoms with E-state index in [-0.39, 0.29) is 11.5 Å². The van der Waals surface area contributed by atoms with E-state index < -0.39 is 0 Å². The molecule has 1 saturated carbocycles. The first-order valence-electron chi connectivity index (χ1n) is 7.01. The van der Waals surface area contributed by atoms with Gasteiger partial charge in [-0.15, -0.1) is 0 Å². The lowest BCUT2D eigenvalue weighted by molar-refractivity contribution is -0.0777. The average molecular weight is 264 g/mol. The molecule has 0 amide bonds. The van der Waals surface area contributed by atoms with Crippen molar-refractivity contribution in [1.29, 1.82) is 0 Å². The zero-order valence-corrected chi connectivity index (χ0v) is 12.1. The summed E-state index contributed by atoms with van der Waals surface area (Å²) in [6.45, 7) is 5.50. The van der Waals surface area contributed by atoms with Gasteiger partial charge in [-0.1, -0.05) is 26.0 Å². The summed E-state index contributed by atoms with van der Waals surface area (Å²) in [6, 6.07) is 8.25. The van der Waals surface area contributed by atoms with Crippen LogP contribution in [0, 0.1) is 5.41 Å². The summed E-state index contributed by atoms with van der Waals surface area (Å²) in [5.41, 5.74) is 1.33. The predicted molar refractivity (Wildman–Crippen MR) is 75.6 cm³/mol. The monoisotopic (exact) mass is 264 g/mol. The molecule has 1 N–H and O–H groups in total. The number of benzene rings is 1. The molecule has 0 bridgehead atoms. The van der Waals surface area contributed by atoms with Crippen LogP contribution in [0.2, 0.25) is 0 Å². The molecule has 0 aliphatic heterocycles. The zero-order chi connectivity index (χ0) is 13.9. The van der Waals surface area contributed by atoms with E-state index in [1.54, 1.807) is 7.11 Å². The molecule has 2 rings (SSSR count). The fourth-order valence-electron chi connectivity index (χ4n) is 2.87. The third-order valence-corrected chi connectivity index (χ3v) is 4.62. The number of aliphatic hydroxyl groups is 1. The Bertz CT molecular complexity index is 401. The van der Waals surface area contributed by atoms with Gasteiger partial charge in [0.1, 0.15) is 12.4 Å². The van der Waals surface area contributed by atoms with E-state index in [9.17, 15) is 5.11 Å². The maximum Gasteiger partial charge on any atom is 0.119 e. The molecule has 1 aliphatic rings. The maximum absolute atomic E-state index is 9.96. The summed E-state index contributed by atoms with van der Waals surface area (Å²) in [5.74, 6) is 1.33. The minimum absolute atomic E-state index is 0.0262. The Morgan fingerprint density at radius 1 is 1.26 bits per heavy atom. The van der Waals surface area contributed by atoms with Gasteiger partial charge in [-0.3, -0.25) is 0 Å². The Hall–Kier alpha value is -1.06. The van der Waals surface area contributed by atoms with Gasteiger partial charge in [0.05, 0.1) is 12.7 Å². The van der Waals surface area contributed by atoms with Gasteiger partial charge in [0, 0.05) is 12.5 Å². The molecule has 19 heavy (non-hydrogen) atoms. The Morgan fingerprint density at radius 2 is 1.95 bits per heavy atom. The van der Waals surface area contributed by atoms with Crippen molar-refractivity contribution < 1.29 is 14.6 Å². The lowest BCUT2D eigenvalue weighted by Crippen LogP contribution is -2.49. The van der Waals surface area contributed by atoms with Gasteiger partial charge >= 0.3 is 0 Å². The lowest BCUT2D eigenvalue weighted by Gasteiger charge is -2.51. The van der Waals surface area contributed by atoms with Crippen molar-refractivity contribution in [2.75, 3.05) is 20.3 Å². The van der Waals surface area contributed by atoms with Crippen LogP contribution in [0.15, 0.2) is 24.3 Å². The minimum Gasteiger partial charge on any atom is -0.491 e. The van der Waals surface area contributed by atoms with Crippen LogP contribution in [-0.4, -0.2) is 31.5 Å². The van der Waals surface area contributed by atoms with Crippen LogP contribution < -0.4 is 4.74 Å². The van der Waals surface area contributed by atoms with Gasteiger partial charge in [0.15, 0.2) is 0 Å². The largest absolute Gasteiger partial charge is 0.491 e. The van der Waals surface area contributed by atoms with Crippen LogP contribution in [0.25, 0.3) is 0 Å². The van der Waals surface area contributed by atoms with Crippen LogP contribution in [-0.2, 0) is 4.74 Å². The molecule has 3 heteroatoms. The second kappa shape index (κ2) is 5.93. The van der Waals surface area contributed by atoms with Gasteiger partial charge < -0.3 is 14.6 Å². The molecule has 1 aromatic carbocycles. The molecule has 0 heterocycles. The van der Waals surface area contributed by atoms with Crippen LogP contribution in [0.5, 0.6) is 5.75 Å². The number of methoxy groups -OCH3 is 1. The summed E-state index contributed by atoms with van der Waals surface area (Å²) in [4.78, 5) is 0. The van der Waals surface area contributed by atoms with Crippen molar-refractivity contribution in [3.8, 4) is 5.75 Å². The Morgan fingerprint density at radius 3 is 2.47 bits per heavy atom. The molecule has 1 aromatic rings. The number of hydrogen-bond donors (Lipinski definition) is 1. The molecule has 0 radical (unpaired) electrons. The van der Waals surface area contributed by atoms with Crippen molar-refractivity contribution in [1.82, 2.24) is 0 Å². The molecule has 1 fully saturated rings. The van der Waals surface area contributed by atoms with Crippen LogP contribution in [0.3, 0.4) is 0 Å². The first-order valence-corrected chi connectivity index (χ1v) is 7.01. The zero-order valence-electron chi connectivity index (χ0n) is 12.1. The highest BCUT2D eigenvalue weighted by molar-refractivity contribution is 5.33. The van der Waals surface area contributed by atoms with E-state index in [0.717, 1.165) is 18.6 Å². The van der Waals surface area contributed by atoms with E-state index >= 15 is 0 Å². The molecule has 0 saturated heterocycles. The van der Waals surface area contributed by atoms with Crippen molar-refractivity contribution in [2.45, 2.75) is 38.7 Å². The molecule has 3 nitrogen and oxygen atoms in total. The van der Waals surface area contributed by atoms with Crippen LogP contribution >= 0.6 is 0 Å². The number of hydrogen-bond acceptors (Lipinski definition) is 3. The minimum atomic E-state index is -0.167. The fourth-order valence-corrected chi connectivity index (χ4v) is 2.87. The molecular weight excluding hydrogens is 240 g/mol. The van der Waals surface area contributed by atoms with Crippen LogP contribution in [0.1, 0.15) is 38.2 Å². The van der Waals surface area contributed by atoms with Gasteiger partial charge in [-0.2, -0.15) is 0 Å². The normalized spacial score (nSPS) is 29.9. The summed E-state index contributed by atoms with van der Waals surface area (Å²) >= 11 is 0. The maximum atomic E-state index is 9.96. The standard InChI is InChI=1S/C16H24O3/c1-4-16(2)14(11-15(16)17)12-5-7-13(8-6-12)19-10-9-18-3/h5-8,14-15,17H,4,9-11H2,1-3H3. The SMILES string of the molecule is CCC1(C)C(O)CC1c1ccc(OCCOC)cc1. The molecule has 3 atom stereocenters. The molecule has 3 unspecified atom stereocenters. The van der Waals surface area contributed by atoms with E-state index in [0.29, 0.717) is 19.1 Å². The van der Waals surface area contributed by atoms with E-state index in [1.807, 2.05) is 12.1 Å². The summed E-state index contributed by atoms with van der Waals surface area (Å²) in [6.07, 6.45) is 1.71. The van der Waals surface area contributed by atoms with Gasteiger partial charge in [-0.25, -0.2) is 0 Å². The Labute approximate surface area is 115 Å². The van der Waals surface area contributed by atoms with Crippen molar-refractivity contribution in [2.24, 2.45) is 5.41 Å². The third-order valence-electron chi connectivity index (χ3n) is 4.62. The number of aliphatic hydroxyl groups excluding tert-OH is 1. The third kappa shape index (κ3) is 2.77. The highest BCUT2D eigenvalue weighted by Crippen LogP contribution is 2.54. The van der Waals surface area contributed by atoms with Crippen molar-refractivity contribution >= 4 is 0 Å². The lowest BCUT2D eigenvalue weighted by atomic mass is 9.55. The predicted octanol–water partition coefficient (Wildman–Crippen LogP) is 2.98. The summed E-state index contributed by atoms with van der Waals surface area (Å²) in [7, 11) is 1.67. The Balaban J connectivity index is 1.99. The van der Waals surface area contributed by atoms with Gasteiger partial charge in [-0.05, 0) is 36.5 Å². The first-order chi connectivity index (χ1) is 9.11. The topological polar surface area (TPSA) is 38.7 Å². The second-order valence-corrected chi connectivity index (χ2v) is 5.57. The number of rotatable bonds is 6. The fraction of sp³-hybridized carbons (Fsp3) is 0.625.